The van der Waals surface area contributed by atoms with Crippen molar-refractivity contribution >= 4 is 5.97 Å². The zero-order valence-electron chi connectivity index (χ0n) is 9.53. The van der Waals surface area contributed by atoms with Crippen LogP contribution < -0.4 is 0 Å². The Morgan fingerprint density at radius 2 is 2.33 bits per heavy atom. The van der Waals surface area contributed by atoms with Crippen LogP contribution in [0.4, 0.5) is 0 Å². The average molecular weight is 209 g/mol. The van der Waals surface area contributed by atoms with Gasteiger partial charge < -0.3 is 9.64 Å². The number of carbonyl (C=O) groups excluding carboxylic acids is 1. The van der Waals surface area contributed by atoms with Crippen molar-refractivity contribution < 1.29 is 9.53 Å². The first-order chi connectivity index (χ1) is 7.19. The fourth-order valence-electron chi connectivity index (χ4n) is 2.11. The summed E-state index contributed by atoms with van der Waals surface area (Å²) in [7, 11) is 1.45. The van der Waals surface area contributed by atoms with E-state index in [2.05, 4.69) is 17.7 Å². The van der Waals surface area contributed by atoms with Crippen molar-refractivity contribution in [1.29, 1.82) is 0 Å². The fourth-order valence-corrected chi connectivity index (χ4v) is 2.11. The van der Waals surface area contributed by atoms with Gasteiger partial charge in [0.1, 0.15) is 0 Å². The largest absolute Gasteiger partial charge is 0.469 e. The Bertz CT molecular complexity index is 257. The van der Waals surface area contributed by atoms with E-state index in [4.69, 9.17) is 11.2 Å². The minimum atomic E-state index is -0.0815. The molecule has 84 valence electrons. The molecule has 0 spiro atoms. The van der Waals surface area contributed by atoms with Crippen LogP contribution in [0.1, 0.15) is 19.8 Å². The number of terminal acetylenes is 1. The van der Waals surface area contributed by atoms with Crippen molar-refractivity contribution in [3.8, 4) is 12.3 Å². The van der Waals surface area contributed by atoms with Crippen LogP contribution in [0.3, 0.4) is 0 Å². The van der Waals surface area contributed by atoms with Crippen LogP contribution in [0, 0.1) is 24.2 Å². The van der Waals surface area contributed by atoms with Crippen LogP contribution in [0.2, 0.25) is 0 Å². The average Bonchev–Trinajstić information content (AvgIpc) is 2.59. The maximum Gasteiger partial charge on any atom is 0.310 e. The maximum absolute atomic E-state index is 11.4. The first kappa shape index (κ1) is 12.1. The molecule has 0 radical (unpaired) electrons. The summed E-state index contributed by atoms with van der Waals surface area (Å²) < 4.78 is 4.78. The molecule has 1 fully saturated rings. The second-order valence-corrected chi connectivity index (χ2v) is 4.17. The number of methoxy groups -OCH3 is 1. The minimum absolute atomic E-state index is 0.0424. The first-order valence-corrected chi connectivity index (χ1v) is 5.42. The van der Waals surface area contributed by atoms with Gasteiger partial charge in [-0.3, -0.25) is 4.79 Å². The molecule has 1 heterocycles. The van der Waals surface area contributed by atoms with Crippen LogP contribution in [0.5, 0.6) is 0 Å². The Morgan fingerprint density at radius 1 is 1.60 bits per heavy atom. The minimum Gasteiger partial charge on any atom is -0.469 e. The quantitative estimate of drug-likeness (QED) is 0.395. The Kier molecular flexibility index (Phi) is 4.64. The van der Waals surface area contributed by atoms with E-state index in [9.17, 15) is 4.79 Å². The molecular weight excluding hydrogens is 190 g/mol. The van der Waals surface area contributed by atoms with Crippen molar-refractivity contribution in [3.63, 3.8) is 0 Å². The number of rotatable bonds is 4. The number of likely N-dealkylation sites (tertiary alicyclic amines) is 1. The van der Waals surface area contributed by atoms with Gasteiger partial charge in [-0.05, 0) is 18.9 Å². The smallest absolute Gasteiger partial charge is 0.310 e. The maximum atomic E-state index is 11.4. The lowest BCUT2D eigenvalue weighted by Crippen LogP contribution is -2.25. The molecule has 3 nitrogen and oxygen atoms in total. The van der Waals surface area contributed by atoms with Crippen molar-refractivity contribution in [2.24, 2.45) is 11.8 Å². The van der Waals surface area contributed by atoms with Crippen LogP contribution in [0.25, 0.3) is 0 Å². The lowest BCUT2D eigenvalue weighted by Gasteiger charge is -2.13. The lowest BCUT2D eigenvalue weighted by molar-refractivity contribution is -0.146. The van der Waals surface area contributed by atoms with Crippen molar-refractivity contribution in [1.82, 2.24) is 4.90 Å². The molecular formula is C12H19NO2. The van der Waals surface area contributed by atoms with E-state index < -0.39 is 0 Å². The number of hydrogen-bond donors (Lipinski definition) is 0. The molecule has 3 heteroatoms. The normalized spacial score (nSPS) is 26.2. The van der Waals surface area contributed by atoms with Gasteiger partial charge in [0.2, 0.25) is 0 Å². The molecule has 0 aliphatic carbocycles. The van der Waals surface area contributed by atoms with E-state index >= 15 is 0 Å². The van der Waals surface area contributed by atoms with E-state index in [0.717, 1.165) is 32.5 Å². The fraction of sp³-hybridized carbons (Fsp3) is 0.750. The van der Waals surface area contributed by atoms with Gasteiger partial charge in [-0.1, -0.05) is 6.92 Å². The van der Waals surface area contributed by atoms with Gasteiger partial charge >= 0.3 is 5.97 Å². The number of nitrogens with zero attached hydrogens (tertiary/aromatic N) is 1. The molecule has 0 aromatic carbocycles. The molecule has 0 saturated carbocycles. The van der Waals surface area contributed by atoms with Crippen LogP contribution in [-0.4, -0.2) is 37.6 Å². The SMILES string of the molecule is C#CCCCN1CC(C)C(C(=O)OC)C1. The van der Waals surface area contributed by atoms with Gasteiger partial charge in [0.15, 0.2) is 0 Å². The molecule has 0 N–H and O–H groups in total. The highest BCUT2D eigenvalue weighted by Crippen LogP contribution is 2.24. The summed E-state index contributed by atoms with van der Waals surface area (Å²) in [6.07, 6.45) is 7.02. The van der Waals surface area contributed by atoms with Gasteiger partial charge in [-0.15, -0.1) is 12.3 Å². The summed E-state index contributed by atoms with van der Waals surface area (Å²) in [5, 5.41) is 0. The number of hydrogen-bond acceptors (Lipinski definition) is 3. The third-order valence-electron chi connectivity index (χ3n) is 2.99. The van der Waals surface area contributed by atoms with Crippen LogP contribution >= 0.6 is 0 Å². The third-order valence-corrected chi connectivity index (χ3v) is 2.99. The molecule has 0 aromatic heterocycles. The van der Waals surface area contributed by atoms with E-state index in [0.29, 0.717) is 5.92 Å². The van der Waals surface area contributed by atoms with Crippen LogP contribution in [-0.2, 0) is 9.53 Å². The standard InChI is InChI=1S/C12H19NO2/c1-4-5-6-7-13-8-10(2)11(9-13)12(14)15-3/h1,10-11H,5-9H2,2-3H3. The highest BCUT2D eigenvalue weighted by Gasteiger charge is 2.34. The Labute approximate surface area is 91.8 Å². The molecule has 2 unspecified atom stereocenters. The van der Waals surface area contributed by atoms with Crippen LogP contribution in [0.15, 0.2) is 0 Å². The summed E-state index contributed by atoms with van der Waals surface area (Å²) in [6, 6.07) is 0. The second-order valence-electron chi connectivity index (χ2n) is 4.17. The summed E-state index contributed by atoms with van der Waals surface area (Å²) in [5.74, 6) is 2.98. The molecule has 2 atom stereocenters. The highest BCUT2D eigenvalue weighted by atomic mass is 16.5. The first-order valence-electron chi connectivity index (χ1n) is 5.42. The molecule has 0 aromatic rings. The number of ether oxygens (including phenoxy) is 1. The Hall–Kier alpha value is -1.01. The summed E-state index contributed by atoms with van der Waals surface area (Å²) in [5.41, 5.74) is 0. The summed E-state index contributed by atoms with van der Waals surface area (Å²) in [4.78, 5) is 13.7. The monoisotopic (exact) mass is 209 g/mol. The molecule has 1 aliphatic heterocycles. The summed E-state index contributed by atoms with van der Waals surface area (Å²) >= 11 is 0. The molecule has 1 aliphatic rings. The van der Waals surface area contributed by atoms with Gasteiger partial charge in [-0.2, -0.15) is 0 Å². The van der Waals surface area contributed by atoms with Gasteiger partial charge in [0.25, 0.3) is 0 Å². The molecule has 0 amide bonds. The third kappa shape index (κ3) is 3.24. The van der Waals surface area contributed by atoms with E-state index in [1.165, 1.54) is 7.11 Å². The predicted molar refractivity (Wildman–Crippen MR) is 59.2 cm³/mol. The van der Waals surface area contributed by atoms with Gasteiger partial charge in [-0.25, -0.2) is 0 Å². The summed E-state index contributed by atoms with van der Waals surface area (Å²) in [6.45, 7) is 4.88. The number of unbranched alkanes of at least 4 members (excludes halogenated alkanes) is 1. The van der Waals surface area contributed by atoms with Crippen molar-refractivity contribution in [2.45, 2.75) is 19.8 Å². The van der Waals surface area contributed by atoms with Crippen molar-refractivity contribution in [2.75, 3.05) is 26.7 Å². The molecule has 0 bridgehead atoms. The molecule has 1 saturated heterocycles. The number of esters is 1. The van der Waals surface area contributed by atoms with Gasteiger partial charge in [0.05, 0.1) is 13.0 Å². The Morgan fingerprint density at radius 3 is 2.93 bits per heavy atom. The van der Waals surface area contributed by atoms with E-state index in [1.54, 1.807) is 0 Å². The highest BCUT2D eigenvalue weighted by molar-refractivity contribution is 5.73. The number of carbonyl (C=O) groups is 1. The topological polar surface area (TPSA) is 29.5 Å². The zero-order valence-corrected chi connectivity index (χ0v) is 9.53. The van der Waals surface area contributed by atoms with E-state index in [-0.39, 0.29) is 11.9 Å². The molecule has 1 rings (SSSR count). The predicted octanol–water partition coefficient (Wildman–Crippen LogP) is 1.14. The molecule has 15 heavy (non-hydrogen) atoms. The zero-order chi connectivity index (χ0) is 11.3. The Balaban J connectivity index is 2.35. The van der Waals surface area contributed by atoms with Gasteiger partial charge in [0, 0.05) is 19.5 Å². The second kappa shape index (κ2) is 5.77. The lowest BCUT2D eigenvalue weighted by atomic mass is 9.99. The van der Waals surface area contributed by atoms with E-state index in [1.807, 2.05) is 0 Å². The van der Waals surface area contributed by atoms with Crippen molar-refractivity contribution in [3.05, 3.63) is 0 Å².